The highest BCUT2D eigenvalue weighted by Crippen LogP contribution is 2.29. The highest BCUT2D eigenvalue weighted by atomic mass is 32.2. The van der Waals surface area contributed by atoms with Gasteiger partial charge in [0.2, 0.25) is 11.8 Å². The Bertz CT molecular complexity index is 967. The van der Waals surface area contributed by atoms with Crippen molar-refractivity contribution >= 4 is 23.4 Å². The molecule has 0 saturated heterocycles. The summed E-state index contributed by atoms with van der Waals surface area (Å²) in [7, 11) is 3.46. The van der Waals surface area contributed by atoms with Crippen molar-refractivity contribution < 1.29 is 14.3 Å². The minimum Gasteiger partial charge on any atom is -0.497 e. The number of aromatic nitrogens is 5. The number of thioether (sulfide) groups is 1. The average molecular weight is 417 g/mol. The van der Waals surface area contributed by atoms with Crippen LogP contribution in [0.15, 0.2) is 35.6 Å². The molecule has 0 unspecified atom stereocenters. The number of carbonyl (C=O) groups excluding carboxylic acids is 1. The lowest BCUT2D eigenvalue weighted by Gasteiger charge is -2.06. The lowest BCUT2D eigenvalue weighted by molar-refractivity contribution is -0.113. The van der Waals surface area contributed by atoms with Gasteiger partial charge in [-0.3, -0.25) is 9.48 Å². The Morgan fingerprint density at radius 1 is 1.21 bits per heavy atom. The predicted molar refractivity (Wildman–Crippen MR) is 111 cm³/mol. The number of hydrogen-bond donors (Lipinski definition) is 1. The fourth-order valence-electron chi connectivity index (χ4n) is 2.64. The molecule has 3 rings (SSSR count). The van der Waals surface area contributed by atoms with E-state index in [1.54, 1.807) is 36.1 Å². The molecule has 2 heterocycles. The highest BCUT2D eigenvalue weighted by molar-refractivity contribution is 7.99. The largest absolute Gasteiger partial charge is 0.497 e. The molecular formula is C19H24N6O3S. The van der Waals surface area contributed by atoms with Crippen molar-refractivity contribution in [2.45, 2.75) is 25.5 Å². The van der Waals surface area contributed by atoms with Crippen molar-refractivity contribution in [1.29, 1.82) is 0 Å². The number of nitrogens with one attached hydrogen (secondary N) is 1. The van der Waals surface area contributed by atoms with E-state index in [1.165, 1.54) is 11.8 Å². The van der Waals surface area contributed by atoms with Crippen LogP contribution >= 0.6 is 11.8 Å². The topological polar surface area (TPSA) is 96.1 Å². The van der Waals surface area contributed by atoms with Crippen LogP contribution in [0.3, 0.4) is 0 Å². The molecule has 0 bridgehead atoms. The molecule has 2 aromatic heterocycles. The first-order valence-corrected chi connectivity index (χ1v) is 10.2. The highest BCUT2D eigenvalue weighted by Gasteiger charge is 2.19. The number of rotatable bonds is 9. The molecule has 0 fully saturated rings. The number of hydrogen-bond acceptors (Lipinski definition) is 7. The van der Waals surface area contributed by atoms with E-state index in [2.05, 4.69) is 20.6 Å². The Kier molecular flexibility index (Phi) is 6.76. The van der Waals surface area contributed by atoms with E-state index >= 15 is 0 Å². The Balaban J connectivity index is 1.66. The van der Waals surface area contributed by atoms with Crippen LogP contribution in [0.4, 0.5) is 5.69 Å². The number of benzene rings is 1. The smallest absolute Gasteiger partial charge is 0.243 e. The Labute approximate surface area is 173 Å². The molecule has 1 N–H and O–H groups in total. The Hall–Kier alpha value is -3.01. The second kappa shape index (κ2) is 9.46. The van der Waals surface area contributed by atoms with Gasteiger partial charge >= 0.3 is 0 Å². The monoisotopic (exact) mass is 416 g/mol. The van der Waals surface area contributed by atoms with Crippen molar-refractivity contribution in [3.63, 3.8) is 0 Å². The fraction of sp³-hybridized carbons (Fsp3) is 0.368. The molecule has 1 aromatic carbocycles. The van der Waals surface area contributed by atoms with Crippen LogP contribution in [-0.4, -0.2) is 49.9 Å². The number of ether oxygens (including phenoxy) is 2. The third-order valence-corrected chi connectivity index (χ3v) is 5.14. The minimum atomic E-state index is -0.126. The number of amides is 1. The molecular weight excluding hydrogens is 392 g/mol. The van der Waals surface area contributed by atoms with E-state index < -0.39 is 0 Å². The second-order valence-corrected chi connectivity index (χ2v) is 7.01. The summed E-state index contributed by atoms with van der Waals surface area (Å²) in [6, 6.07) is 7.18. The quantitative estimate of drug-likeness (QED) is 0.536. The maximum absolute atomic E-state index is 12.3. The number of nitrogens with zero attached hydrogens (tertiary/aromatic N) is 5. The van der Waals surface area contributed by atoms with Crippen LogP contribution < -0.4 is 14.8 Å². The van der Waals surface area contributed by atoms with Crippen molar-refractivity contribution in [3.8, 4) is 23.0 Å². The number of methoxy groups -OCH3 is 1. The molecule has 0 atom stereocenters. The summed E-state index contributed by atoms with van der Waals surface area (Å²) in [6.45, 7) is 5.16. The van der Waals surface area contributed by atoms with E-state index in [1.807, 2.05) is 31.7 Å². The molecule has 154 valence electrons. The molecule has 0 saturated carbocycles. The SMILES string of the molecule is CCOc1nn(CC)cc1-c1nnc(SCC(=O)Nc2ccc(OC)cc2)n1C. The van der Waals surface area contributed by atoms with Crippen LogP contribution in [-0.2, 0) is 18.4 Å². The van der Waals surface area contributed by atoms with E-state index in [9.17, 15) is 4.79 Å². The van der Waals surface area contributed by atoms with Crippen LogP contribution in [0.5, 0.6) is 11.6 Å². The van der Waals surface area contributed by atoms with E-state index in [0.717, 1.165) is 17.9 Å². The Morgan fingerprint density at radius 2 is 1.97 bits per heavy atom. The molecule has 9 nitrogen and oxygen atoms in total. The molecule has 0 radical (unpaired) electrons. The van der Waals surface area contributed by atoms with Gasteiger partial charge in [0.05, 0.1) is 19.5 Å². The third-order valence-electron chi connectivity index (χ3n) is 4.11. The van der Waals surface area contributed by atoms with Crippen LogP contribution in [0.1, 0.15) is 13.8 Å². The summed E-state index contributed by atoms with van der Waals surface area (Å²) < 4.78 is 14.4. The molecule has 0 aliphatic carbocycles. The first-order valence-electron chi connectivity index (χ1n) is 9.22. The lowest BCUT2D eigenvalue weighted by Crippen LogP contribution is -2.14. The van der Waals surface area contributed by atoms with Gasteiger partial charge in [0, 0.05) is 25.5 Å². The normalized spacial score (nSPS) is 10.8. The van der Waals surface area contributed by atoms with E-state index in [4.69, 9.17) is 9.47 Å². The first kappa shape index (κ1) is 20.7. The van der Waals surface area contributed by atoms with Gasteiger partial charge in [-0.05, 0) is 38.1 Å². The number of anilines is 1. The number of aryl methyl sites for hydroxylation is 1. The van der Waals surface area contributed by atoms with Crippen molar-refractivity contribution in [2.75, 3.05) is 24.8 Å². The summed E-state index contributed by atoms with van der Waals surface area (Å²) in [6.07, 6.45) is 1.89. The molecule has 29 heavy (non-hydrogen) atoms. The van der Waals surface area contributed by atoms with Gasteiger partial charge in [-0.2, -0.15) is 0 Å². The van der Waals surface area contributed by atoms with Gasteiger partial charge in [-0.25, -0.2) is 0 Å². The minimum absolute atomic E-state index is 0.126. The van der Waals surface area contributed by atoms with Gasteiger partial charge in [0.1, 0.15) is 11.3 Å². The van der Waals surface area contributed by atoms with Gasteiger partial charge in [0.25, 0.3) is 0 Å². The zero-order chi connectivity index (χ0) is 20.8. The van der Waals surface area contributed by atoms with Gasteiger partial charge < -0.3 is 19.4 Å². The lowest BCUT2D eigenvalue weighted by atomic mass is 10.3. The van der Waals surface area contributed by atoms with E-state index in [-0.39, 0.29) is 11.7 Å². The van der Waals surface area contributed by atoms with Crippen LogP contribution in [0.2, 0.25) is 0 Å². The zero-order valence-electron chi connectivity index (χ0n) is 16.9. The summed E-state index contributed by atoms with van der Waals surface area (Å²) in [4.78, 5) is 12.3. The molecule has 0 aliphatic heterocycles. The fourth-order valence-corrected chi connectivity index (χ4v) is 3.35. The van der Waals surface area contributed by atoms with Crippen molar-refractivity contribution in [3.05, 3.63) is 30.5 Å². The predicted octanol–water partition coefficient (Wildman–Crippen LogP) is 2.84. The first-order chi connectivity index (χ1) is 14.0. The summed E-state index contributed by atoms with van der Waals surface area (Å²) in [5, 5.41) is 16.4. The summed E-state index contributed by atoms with van der Waals surface area (Å²) >= 11 is 1.31. The van der Waals surface area contributed by atoms with Crippen LogP contribution in [0.25, 0.3) is 11.4 Å². The van der Waals surface area contributed by atoms with Gasteiger partial charge in [0.15, 0.2) is 11.0 Å². The molecule has 0 aliphatic rings. The molecule has 1 amide bonds. The van der Waals surface area contributed by atoms with Gasteiger partial charge in [-0.15, -0.1) is 15.3 Å². The molecule has 10 heteroatoms. The zero-order valence-corrected chi connectivity index (χ0v) is 17.7. The Morgan fingerprint density at radius 3 is 2.62 bits per heavy atom. The van der Waals surface area contributed by atoms with Crippen molar-refractivity contribution in [1.82, 2.24) is 24.5 Å². The van der Waals surface area contributed by atoms with Gasteiger partial charge in [-0.1, -0.05) is 11.8 Å². The third kappa shape index (κ3) is 4.89. The summed E-state index contributed by atoms with van der Waals surface area (Å²) in [5.74, 6) is 2.00. The maximum atomic E-state index is 12.3. The summed E-state index contributed by atoms with van der Waals surface area (Å²) in [5.41, 5.74) is 1.49. The maximum Gasteiger partial charge on any atom is 0.243 e. The molecule has 3 aromatic rings. The van der Waals surface area contributed by atoms with Crippen LogP contribution in [0, 0.1) is 0 Å². The molecule has 0 spiro atoms. The number of carbonyl (C=O) groups is 1. The average Bonchev–Trinajstić information content (AvgIpc) is 3.30. The standard InChI is InChI=1S/C19H24N6O3S/c1-5-25-11-15(18(23-25)28-6-2)17-21-22-19(24(17)3)29-12-16(26)20-13-7-9-14(27-4)10-8-13/h7-11H,5-6,12H2,1-4H3,(H,20,26). The second-order valence-electron chi connectivity index (χ2n) is 6.07. The van der Waals surface area contributed by atoms with E-state index in [0.29, 0.717) is 29.2 Å². The van der Waals surface area contributed by atoms with Crippen molar-refractivity contribution in [2.24, 2.45) is 7.05 Å².